The molecule has 144 valence electrons. The first-order valence-corrected chi connectivity index (χ1v) is 8.85. The zero-order valence-corrected chi connectivity index (χ0v) is 15.8. The molecule has 7 heteroatoms. The van der Waals surface area contributed by atoms with E-state index in [2.05, 4.69) is 15.7 Å². The highest BCUT2D eigenvalue weighted by molar-refractivity contribution is 5.97. The SMILES string of the molecule is COc1ccc(CNC(=O)c2ccccc2-n2cc(CNC(C)=O)cn2)cc1. The minimum Gasteiger partial charge on any atom is -0.497 e. The van der Waals surface area contributed by atoms with Crippen LogP contribution in [0, 0.1) is 0 Å². The molecule has 2 amide bonds. The first-order chi connectivity index (χ1) is 13.6. The highest BCUT2D eigenvalue weighted by Crippen LogP contribution is 2.16. The second-order valence-electron chi connectivity index (χ2n) is 6.25. The second-order valence-corrected chi connectivity index (χ2v) is 6.25. The largest absolute Gasteiger partial charge is 0.497 e. The van der Waals surface area contributed by atoms with Gasteiger partial charge in [0.25, 0.3) is 5.91 Å². The van der Waals surface area contributed by atoms with Gasteiger partial charge in [-0.2, -0.15) is 5.10 Å². The topological polar surface area (TPSA) is 85.2 Å². The zero-order chi connectivity index (χ0) is 19.9. The molecule has 0 aliphatic carbocycles. The highest BCUT2D eigenvalue weighted by Gasteiger charge is 2.13. The smallest absolute Gasteiger partial charge is 0.253 e. The van der Waals surface area contributed by atoms with Crippen molar-refractivity contribution in [3.05, 3.63) is 77.6 Å². The summed E-state index contributed by atoms with van der Waals surface area (Å²) in [6.45, 7) is 2.26. The Kier molecular flexibility index (Phi) is 6.06. The molecule has 0 saturated heterocycles. The van der Waals surface area contributed by atoms with E-state index in [0.29, 0.717) is 24.3 Å². The normalized spacial score (nSPS) is 10.4. The maximum absolute atomic E-state index is 12.7. The number of carbonyl (C=O) groups is 2. The molecule has 3 aromatic rings. The number of nitrogens with one attached hydrogen (secondary N) is 2. The predicted octanol–water partition coefficient (Wildman–Crippen LogP) is 2.45. The van der Waals surface area contributed by atoms with Crippen LogP contribution in [0.4, 0.5) is 0 Å². The van der Waals surface area contributed by atoms with Gasteiger partial charge >= 0.3 is 0 Å². The summed E-state index contributed by atoms with van der Waals surface area (Å²) in [5.41, 5.74) is 3.01. The molecular weight excluding hydrogens is 356 g/mol. The Balaban J connectivity index is 1.72. The van der Waals surface area contributed by atoms with Gasteiger partial charge in [-0.25, -0.2) is 4.68 Å². The van der Waals surface area contributed by atoms with Crippen molar-refractivity contribution in [2.45, 2.75) is 20.0 Å². The van der Waals surface area contributed by atoms with Crippen molar-refractivity contribution in [2.75, 3.05) is 7.11 Å². The Bertz CT molecular complexity index is 964. The summed E-state index contributed by atoms with van der Waals surface area (Å²) in [4.78, 5) is 23.8. The molecule has 7 nitrogen and oxygen atoms in total. The molecule has 28 heavy (non-hydrogen) atoms. The van der Waals surface area contributed by atoms with E-state index in [9.17, 15) is 9.59 Å². The number of para-hydroxylation sites is 1. The van der Waals surface area contributed by atoms with Crippen molar-refractivity contribution in [3.63, 3.8) is 0 Å². The van der Waals surface area contributed by atoms with Crippen LogP contribution in [0.15, 0.2) is 60.9 Å². The van der Waals surface area contributed by atoms with Crippen LogP contribution >= 0.6 is 0 Å². The number of benzene rings is 2. The monoisotopic (exact) mass is 378 g/mol. The summed E-state index contributed by atoms with van der Waals surface area (Å²) in [5.74, 6) is 0.477. The first kappa shape index (κ1) is 19.2. The number of rotatable bonds is 7. The summed E-state index contributed by atoms with van der Waals surface area (Å²) in [6.07, 6.45) is 3.47. The van der Waals surface area contributed by atoms with Crippen molar-refractivity contribution in [1.82, 2.24) is 20.4 Å². The Morgan fingerprint density at radius 3 is 2.43 bits per heavy atom. The standard InChI is InChI=1S/C21H22N4O3/c1-15(26)22-12-17-13-24-25(14-17)20-6-4-3-5-19(20)21(27)23-11-16-7-9-18(28-2)10-8-16/h3-10,13-14H,11-12H2,1-2H3,(H,22,26)(H,23,27). The molecule has 3 rings (SSSR count). The van der Waals surface area contributed by atoms with Crippen molar-refractivity contribution >= 4 is 11.8 Å². The third-order valence-electron chi connectivity index (χ3n) is 4.19. The predicted molar refractivity (Wildman–Crippen MR) is 105 cm³/mol. The zero-order valence-electron chi connectivity index (χ0n) is 15.8. The summed E-state index contributed by atoms with van der Waals surface area (Å²) < 4.78 is 6.78. The van der Waals surface area contributed by atoms with Gasteiger partial charge in [0.1, 0.15) is 5.75 Å². The Morgan fingerprint density at radius 1 is 1.00 bits per heavy atom. The maximum Gasteiger partial charge on any atom is 0.253 e. The van der Waals surface area contributed by atoms with Crippen molar-refractivity contribution in [1.29, 1.82) is 0 Å². The lowest BCUT2D eigenvalue weighted by molar-refractivity contribution is -0.119. The fraction of sp³-hybridized carbons (Fsp3) is 0.190. The lowest BCUT2D eigenvalue weighted by Crippen LogP contribution is -2.24. The first-order valence-electron chi connectivity index (χ1n) is 8.85. The van der Waals surface area contributed by atoms with Crippen LogP contribution in [0.5, 0.6) is 5.75 Å². The number of hydrogen-bond donors (Lipinski definition) is 2. The van der Waals surface area contributed by atoms with Gasteiger partial charge in [0.2, 0.25) is 5.91 Å². The molecule has 0 bridgehead atoms. The van der Waals surface area contributed by atoms with Crippen molar-refractivity contribution in [3.8, 4) is 11.4 Å². The van der Waals surface area contributed by atoms with Gasteiger partial charge in [-0.1, -0.05) is 24.3 Å². The molecule has 0 radical (unpaired) electrons. The van der Waals surface area contributed by atoms with Gasteiger partial charge in [-0.05, 0) is 29.8 Å². The molecule has 2 N–H and O–H groups in total. The Labute approximate surface area is 163 Å². The fourth-order valence-electron chi connectivity index (χ4n) is 2.70. The van der Waals surface area contributed by atoms with Crippen LogP contribution in [-0.2, 0) is 17.9 Å². The van der Waals surface area contributed by atoms with E-state index in [4.69, 9.17) is 4.74 Å². The molecule has 1 aromatic heterocycles. The molecule has 0 spiro atoms. The lowest BCUT2D eigenvalue weighted by atomic mass is 10.1. The van der Waals surface area contributed by atoms with Crippen LogP contribution in [-0.4, -0.2) is 28.7 Å². The van der Waals surface area contributed by atoms with Crippen LogP contribution in [0.2, 0.25) is 0 Å². The van der Waals surface area contributed by atoms with Crippen LogP contribution in [0.25, 0.3) is 5.69 Å². The van der Waals surface area contributed by atoms with Gasteiger partial charge in [0, 0.05) is 31.8 Å². The van der Waals surface area contributed by atoms with E-state index in [1.54, 1.807) is 30.3 Å². The quantitative estimate of drug-likeness (QED) is 0.661. The fourth-order valence-corrected chi connectivity index (χ4v) is 2.70. The molecule has 0 unspecified atom stereocenters. The number of ether oxygens (including phenoxy) is 1. The third-order valence-corrected chi connectivity index (χ3v) is 4.19. The summed E-state index contributed by atoms with van der Waals surface area (Å²) in [6, 6.07) is 14.8. The van der Waals surface area contributed by atoms with E-state index in [1.165, 1.54) is 6.92 Å². The average molecular weight is 378 g/mol. The van der Waals surface area contributed by atoms with Crippen molar-refractivity contribution < 1.29 is 14.3 Å². The number of methoxy groups -OCH3 is 1. The number of hydrogen-bond acceptors (Lipinski definition) is 4. The maximum atomic E-state index is 12.7. The van der Waals surface area contributed by atoms with Gasteiger partial charge in [0.05, 0.1) is 24.6 Å². The minimum atomic E-state index is -0.190. The van der Waals surface area contributed by atoms with Gasteiger partial charge < -0.3 is 15.4 Å². The minimum absolute atomic E-state index is 0.106. The lowest BCUT2D eigenvalue weighted by Gasteiger charge is -2.10. The van der Waals surface area contributed by atoms with E-state index in [0.717, 1.165) is 16.9 Å². The number of aromatic nitrogens is 2. The van der Waals surface area contributed by atoms with Crippen LogP contribution < -0.4 is 15.4 Å². The molecule has 1 heterocycles. The molecular formula is C21H22N4O3. The van der Waals surface area contributed by atoms with Gasteiger partial charge in [0.15, 0.2) is 0 Å². The van der Waals surface area contributed by atoms with E-state index in [-0.39, 0.29) is 11.8 Å². The Morgan fingerprint density at radius 2 is 1.71 bits per heavy atom. The van der Waals surface area contributed by atoms with Crippen molar-refractivity contribution in [2.24, 2.45) is 0 Å². The van der Waals surface area contributed by atoms with Gasteiger partial charge in [-0.3, -0.25) is 9.59 Å². The van der Waals surface area contributed by atoms with Crippen LogP contribution in [0.3, 0.4) is 0 Å². The molecule has 0 aliphatic heterocycles. The highest BCUT2D eigenvalue weighted by atomic mass is 16.5. The van der Waals surface area contributed by atoms with E-state index >= 15 is 0 Å². The number of amides is 2. The molecule has 0 aliphatic rings. The molecule has 0 saturated carbocycles. The molecule has 2 aromatic carbocycles. The van der Waals surface area contributed by atoms with Crippen LogP contribution in [0.1, 0.15) is 28.4 Å². The third kappa shape index (κ3) is 4.76. The Hall–Kier alpha value is -3.61. The summed E-state index contributed by atoms with van der Waals surface area (Å²) in [5, 5.41) is 9.98. The van der Waals surface area contributed by atoms with E-state index in [1.807, 2.05) is 42.5 Å². The number of carbonyl (C=O) groups excluding carboxylic acids is 2. The second kappa shape index (κ2) is 8.85. The number of nitrogens with zero attached hydrogens (tertiary/aromatic N) is 2. The molecule has 0 fully saturated rings. The van der Waals surface area contributed by atoms with E-state index < -0.39 is 0 Å². The summed E-state index contributed by atoms with van der Waals surface area (Å²) >= 11 is 0. The summed E-state index contributed by atoms with van der Waals surface area (Å²) in [7, 11) is 1.62. The molecule has 0 atom stereocenters. The average Bonchev–Trinajstić information content (AvgIpc) is 3.20. The van der Waals surface area contributed by atoms with Gasteiger partial charge in [-0.15, -0.1) is 0 Å².